The molecule has 0 heterocycles. The Kier molecular flexibility index (Phi) is 19.5. The second-order valence-electron chi connectivity index (χ2n) is 8.94. The number of benzene rings is 1. The van der Waals surface area contributed by atoms with Crippen molar-refractivity contribution in [3.8, 4) is 0 Å². The molecule has 0 spiro atoms. The molecule has 42 heavy (non-hydrogen) atoms. The minimum absolute atomic E-state index is 0.101. The molecule has 0 saturated heterocycles. The van der Waals surface area contributed by atoms with E-state index in [2.05, 4.69) is 23.8 Å². The molecule has 0 saturated carbocycles. The van der Waals surface area contributed by atoms with Gasteiger partial charge in [-0.3, -0.25) is 4.90 Å². The van der Waals surface area contributed by atoms with Gasteiger partial charge < -0.3 is 39.1 Å². The van der Waals surface area contributed by atoms with E-state index in [1.807, 2.05) is 35.2 Å². The molecule has 234 valence electrons. The van der Waals surface area contributed by atoms with Crippen LogP contribution in [-0.4, -0.2) is 108 Å². The predicted molar refractivity (Wildman–Crippen MR) is 154 cm³/mol. The van der Waals surface area contributed by atoms with Crippen LogP contribution in [0.4, 0.5) is 9.59 Å². The third-order valence-electron chi connectivity index (χ3n) is 5.18. The standard InChI is InChI=1S/C29H43N3O10/c1-23(2)26(33)39-20-18-37-14-10-30-28(35)41-16-12-32(22-25-8-6-5-7-9-25)13-17-42-29(36)31-11-15-38-19-21-40-27(34)24(3)4/h5-9H,1,3,10-22H2,2,4H3,(H,30,35)(H,31,36). The molecule has 13 nitrogen and oxygen atoms in total. The second-order valence-corrected chi connectivity index (χ2v) is 8.94. The van der Waals surface area contributed by atoms with E-state index in [1.54, 1.807) is 13.8 Å². The average Bonchev–Trinajstić information content (AvgIpc) is 2.96. The monoisotopic (exact) mass is 593 g/mol. The SMILES string of the molecule is C=C(C)C(=O)OCCOCCNC(=O)OCCN(CCOC(=O)NCCOCCOC(=O)C(=C)C)Cc1ccccc1. The van der Waals surface area contributed by atoms with E-state index in [9.17, 15) is 19.2 Å². The van der Waals surface area contributed by atoms with Gasteiger partial charge >= 0.3 is 24.1 Å². The summed E-state index contributed by atoms with van der Waals surface area (Å²) in [4.78, 5) is 48.5. The zero-order chi connectivity index (χ0) is 31.0. The molecule has 1 aromatic rings. The van der Waals surface area contributed by atoms with Crippen molar-refractivity contribution in [2.75, 3.05) is 79.0 Å². The van der Waals surface area contributed by atoms with Gasteiger partial charge in [-0.15, -0.1) is 0 Å². The molecule has 0 fully saturated rings. The fraction of sp³-hybridized carbons (Fsp3) is 0.517. The van der Waals surface area contributed by atoms with Gasteiger partial charge in [0.15, 0.2) is 0 Å². The van der Waals surface area contributed by atoms with Crippen molar-refractivity contribution in [3.63, 3.8) is 0 Å². The van der Waals surface area contributed by atoms with Gasteiger partial charge in [0.25, 0.3) is 0 Å². The number of rotatable bonds is 22. The Labute approximate surface area is 247 Å². The Hall–Kier alpha value is -3.94. The molecule has 0 aliphatic heterocycles. The highest BCUT2D eigenvalue weighted by molar-refractivity contribution is 5.87. The summed E-state index contributed by atoms with van der Waals surface area (Å²) in [6.07, 6.45) is -1.17. The fourth-order valence-electron chi connectivity index (χ4n) is 3.04. The maximum atomic E-state index is 12.0. The lowest BCUT2D eigenvalue weighted by molar-refractivity contribution is -0.141. The van der Waals surface area contributed by atoms with Crippen LogP contribution in [-0.2, 0) is 44.6 Å². The minimum atomic E-state index is -0.584. The van der Waals surface area contributed by atoms with Gasteiger partial charge in [0.05, 0.1) is 26.4 Å². The molecule has 0 atom stereocenters. The van der Waals surface area contributed by atoms with Crippen LogP contribution in [0, 0.1) is 0 Å². The van der Waals surface area contributed by atoms with Crippen LogP contribution in [0.2, 0.25) is 0 Å². The quantitative estimate of drug-likeness (QED) is 0.0881. The molecular weight excluding hydrogens is 550 g/mol. The van der Waals surface area contributed by atoms with Crippen LogP contribution < -0.4 is 10.6 Å². The summed E-state index contributed by atoms with van der Waals surface area (Å²) in [6, 6.07) is 9.74. The molecule has 1 aromatic carbocycles. The Balaban J connectivity index is 2.23. The molecule has 13 heteroatoms. The Bertz CT molecular complexity index is 929. The normalized spacial score (nSPS) is 10.5. The summed E-state index contributed by atoms with van der Waals surface area (Å²) in [7, 11) is 0. The van der Waals surface area contributed by atoms with Gasteiger partial charge in [-0.25, -0.2) is 19.2 Å². The van der Waals surface area contributed by atoms with E-state index in [0.717, 1.165) is 5.56 Å². The highest BCUT2D eigenvalue weighted by Crippen LogP contribution is 2.04. The van der Waals surface area contributed by atoms with E-state index in [-0.39, 0.29) is 65.9 Å². The lowest BCUT2D eigenvalue weighted by atomic mass is 10.2. The average molecular weight is 594 g/mol. The Morgan fingerprint density at radius 3 is 1.52 bits per heavy atom. The molecule has 0 radical (unpaired) electrons. The van der Waals surface area contributed by atoms with Gasteiger partial charge in [-0.2, -0.15) is 0 Å². The van der Waals surface area contributed by atoms with Gasteiger partial charge in [0.2, 0.25) is 0 Å². The summed E-state index contributed by atoms with van der Waals surface area (Å²) in [5, 5.41) is 5.17. The maximum Gasteiger partial charge on any atom is 0.407 e. The lowest BCUT2D eigenvalue weighted by Crippen LogP contribution is -2.35. The molecular formula is C29H43N3O10. The summed E-state index contributed by atoms with van der Waals surface area (Å²) in [5.41, 5.74) is 1.69. The van der Waals surface area contributed by atoms with Crippen LogP contribution in [0.1, 0.15) is 19.4 Å². The molecule has 0 aliphatic rings. The first kappa shape index (κ1) is 36.1. The number of amides is 2. The summed E-state index contributed by atoms with van der Waals surface area (Å²) in [6.45, 7) is 13.3. The van der Waals surface area contributed by atoms with E-state index < -0.39 is 24.1 Å². The second kappa shape index (κ2) is 22.7. The smallest absolute Gasteiger partial charge is 0.407 e. The first-order valence-electron chi connectivity index (χ1n) is 13.6. The topological polar surface area (TPSA) is 151 Å². The molecule has 0 bridgehead atoms. The molecule has 1 rings (SSSR count). The van der Waals surface area contributed by atoms with E-state index >= 15 is 0 Å². The Morgan fingerprint density at radius 2 is 1.10 bits per heavy atom. The third-order valence-corrected chi connectivity index (χ3v) is 5.18. The maximum absolute atomic E-state index is 12.0. The number of esters is 2. The number of hydrogen-bond acceptors (Lipinski definition) is 11. The Morgan fingerprint density at radius 1 is 0.643 bits per heavy atom. The van der Waals surface area contributed by atoms with Crippen molar-refractivity contribution in [2.24, 2.45) is 0 Å². The van der Waals surface area contributed by atoms with Gasteiger partial charge in [-0.1, -0.05) is 43.5 Å². The molecule has 2 amide bonds. The van der Waals surface area contributed by atoms with Crippen molar-refractivity contribution < 1.29 is 47.6 Å². The van der Waals surface area contributed by atoms with Crippen LogP contribution >= 0.6 is 0 Å². The van der Waals surface area contributed by atoms with E-state index in [1.165, 1.54) is 0 Å². The minimum Gasteiger partial charge on any atom is -0.460 e. The first-order valence-corrected chi connectivity index (χ1v) is 13.6. The number of nitrogens with one attached hydrogen (secondary N) is 2. The summed E-state index contributed by atoms with van der Waals surface area (Å²) >= 11 is 0. The van der Waals surface area contributed by atoms with Crippen molar-refractivity contribution in [3.05, 3.63) is 60.2 Å². The molecule has 2 N–H and O–H groups in total. The zero-order valence-electron chi connectivity index (χ0n) is 24.5. The van der Waals surface area contributed by atoms with Crippen molar-refractivity contribution in [2.45, 2.75) is 20.4 Å². The lowest BCUT2D eigenvalue weighted by Gasteiger charge is -2.22. The predicted octanol–water partition coefficient (Wildman–Crippen LogP) is 2.21. The summed E-state index contributed by atoms with van der Waals surface area (Å²) < 4.78 is 30.9. The number of alkyl carbamates (subject to hydrolysis) is 2. The first-order chi connectivity index (χ1) is 20.2. The third kappa shape index (κ3) is 19.2. The number of hydrogen-bond donors (Lipinski definition) is 2. The molecule has 0 unspecified atom stereocenters. The van der Waals surface area contributed by atoms with Gasteiger partial charge in [0.1, 0.15) is 26.4 Å². The van der Waals surface area contributed by atoms with Crippen molar-refractivity contribution >= 4 is 24.1 Å². The van der Waals surface area contributed by atoms with Crippen molar-refractivity contribution in [1.29, 1.82) is 0 Å². The van der Waals surface area contributed by atoms with Crippen LogP contribution in [0.3, 0.4) is 0 Å². The fourth-order valence-corrected chi connectivity index (χ4v) is 3.04. The van der Waals surface area contributed by atoms with Gasteiger partial charge in [0, 0.05) is 43.9 Å². The van der Waals surface area contributed by atoms with Gasteiger partial charge in [-0.05, 0) is 19.4 Å². The zero-order valence-corrected chi connectivity index (χ0v) is 24.5. The molecule has 0 aromatic heterocycles. The molecule has 0 aliphatic carbocycles. The number of carbonyl (C=O) groups excluding carboxylic acids is 4. The van der Waals surface area contributed by atoms with Crippen LogP contribution in [0.5, 0.6) is 0 Å². The van der Waals surface area contributed by atoms with Crippen LogP contribution in [0.15, 0.2) is 54.6 Å². The van der Waals surface area contributed by atoms with Crippen LogP contribution in [0.25, 0.3) is 0 Å². The van der Waals surface area contributed by atoms with Crippen molar-refractivity contribution in [1.82, 2.24) is 15.5 Å². The number of carbonyl (C=O) groups is 4. The largest absolute Gasteiger partial charge is 0.460 e. The summed E-state index contributed by atoms with van der Waals surface area (Å²) in [5.74, 6) is -0.953. The number of ether oxygens (including phenoxy) is 6. The van der Waals surface area contributed by atoms with E-state index in [4.69, 9.17) is 28.4 Å². The number of nitrogens with zero attached hydrogens (tertiary/aromatic N) is 1. The van der Waals surface area contributed by atoms with E-state index in [0.29, 0.717) is 30.8 Å². The highest BCUT2D eigenvalue weighted by atomic mass is 16.6. The highest BCUT2D eigenvalue weighted by Gasteiger charge is 2.10.